The van der Waals surface area contributed by atoms with Crippen molar-refractivity contribution in [3.8, 4) is 11.5 Å². The number of carbonyl (C=O) groups excluding carboxylic acids is 2. The second-order valence-corrected chi connectivity index (χ2v) is 6.47. The van der Waals surface area contributed by atoms with Crippen molar-refractivity contribution in [1.82, 2.24) is 5.32 Å². The van der Waals surface area contributed by atoms with Gasteiger partial charge in [0.1, 0.15) is 12.2 Å². The first-order valence-corrected chi connectivity index (χ1v) is 8.00. The van der Waals surface area contributed by atoms with Crippen molar-refractivity contribution in [3.05, 3.63) is 23.3 Å². The summed E-state index contributed by atoms with van der Waals surface area (Å²) in [6, 6.07) is 3.60. The van der Waals surface area contributed by atoms with Crippen molar-refractivity contribution < 1.29 is 28.5 Å². The Morgan fingerprint density at radius 1 is 1.08 bits per heavy atom. The van der Waals surface area contributed by atoms with Crippen LogP contribution in [0.4, 0.5) is 4.79 Å². The highest BCUT2D eigenvalue weighted by Crippen LogP contribution is 2.30. The van der Waals surface area contributed by atoms with E-state index in [-0.39, 0.29) is 19.6 Å². The molecule has 25 heavy (non-hydrogen) atoms. The molecule has 1 aromatic rings. The summed E-state index contributed by atoms with van der Waals surface area (Å²) in [6.45, 7) is 7.48. The third-order valence-corrected chi connectivity index (χ3v) is 3.23. The SMILES string of the molecule is COc1cc(C)c(COC(=O)CCNC(=O)OC(C)(C)C)cc1OC. The molecule has 0 atom stereocenters. The lowest BCUT2D eigenvalue weighted by atomic mass is 10.1. The largest absolute Gasteiger partial charge is 0.493 e. The van der Waals surface area contributed by atoms with Gasteiger partial charge in [-0.2, -0.15) is 0 Å². The summed E-state index contributed by atoms with van der Waals surface area (Å²) in [5.41, 5.74) is 1.18. The maximum absolute atomic E-state index is 11.8. The van der Waals surface area contributed by atoms with E-state index in [1.165, 1.54) is 0 Å². The van der Waals surface area contributed by atoms with Gasteiger partial charge in [-0.15, -0.1) is 0 Å². The summed E-state index contributed by atoms with van der Waals surface area (Å²) in [7, 11) is 3.11. The van der Waals surface area contributed by atoms with Gasteiger partial charge in [0.25, 0.3) is 0 Å². The van der Waals surface area contributed by atoms with Gasteiger partial charge >= 0.3 is 12.1 Å². The molecule has 7 heteroatoms. The molecule has 0 aromatic heterocycles. The first-order valence-electron chi connectivity index (χ1n) is 8.00. The zero-order valence-electron chi connectivity index (χ0n) is 15.7. The summed E-state index contributed by atoms with van der Waals surface area (Å²) in [4.78, 5) is 23.3. The Hall–Kier alpha value is -2.44. The normalized spacial score (nSPS) is 10.8. The van der Waals surface area contributed by atoms with Gasteiger partial charge in [-0.3, -0.25) is 4.79 Å². The standard InChI is InChI=1S/C18H27NO6/c1-12-9-14(22-5)15(23-6)10-13(12)11-24-16(20)7-8-19-17(21)25-18(2,3)4/h9-10H,7-8,11H2,1-6H3,(H,19,21). The van der Waals surface area contributed by atoms with Crippen LogP contribution in [0.25, 0.3) is 0 Å². The third-order valence-electron chi connectivity index (χ3n) is 3.23. The summed E-state index contributed by atoms with van der Waals surface area (Å²) in [6.07, 6.45) is -0.498. The quantitative estimate of drug-likeness (QED) is 0.759. The highest BCUT2D eigenvalue weighted by molar-refractivity contribution is 5.72. The highest BCUT2D eigenvalue weighted by atomic mass is 16.6. The van der Waals surface area contributed by atoms with Crippen LogP contribution in [-0.4, -0.2) is 38.4 Å². The van der Waals surface area contributed by atoms with E-state index in [9.17, 15) is 9.59 Å². The maximum atomic E-state index is 11.8. The fourth-order valence-electron chi connectivity index (χ4n) is 1.99. The highest BCUT2D eigenvalue weighted by Gasteiger charge is 2.16. The van der Waals surface area contributed by atoms with Crippen LogP contribution in [-0.2, 0) is 20.9 Å². The van der Waals surface area contributed by atoms with Crippen LogP contribution in [0.2, 0.25) is 0 Å². The van der Waals surface area contributed by atoms with E-state index in [1.807, 2.05) is 13.0 Å². The lowest BCUT2D eigenvalue weighted by molar-refractivity contribution is -0.144. The van der Waals surface area contributed by atoms with E-state index in [2.05, 4.69) is 5.32 Å². The van der Waals surface area contributed by atoms with Crippen LogP contribution in [0.1, 0.15) is 38.3 Å². The number of amides is 1. The van der Waals surface area contributed by atoms with Crippen molar-refractivity contribution in [2.75, 3.05) is 20.8 Å². The number of benzene rings is 1. The van der Waals surface area contributed by atoms with Crippen LogP contribution in [0.15, 0.2) is 12.1 Å². The molecule has 1 N–H and O–H groups in total. The van der Waals surface area contributed by atoms with Crippen LogP contribution < -0.4 is 14.8 Å². The summed E-state index contributed by atoms with van der Waals surface area (Å²) in [5.74, 6) is 0.785. The molecule has 0 radical (unpaired) electrons. The Morgan fingerprint density at radius 2 is 1.68 bits per heavy atom. The zero-order valence-corrected chi connectivity index (χ0v) is 15.7. The van der Waals surface area contributed by atoms with Gasteiger partial charge in [0, 0.05) is 6.54 Å². The topological polar surface area (TPSA) is 83.1 Å². The minimum Gasteiger partial charge on any atom is -0.493 e. The number of ether oxygens (including phenoxy) is 4. The molecule has 7 nitrogen and oxygen atoms in total. The molecule has 0 saturated carbocycles. The molecular weight excluding hydrogens is 326 g/mol. The smallest absolute Gasteiger partial charge is 0.407 e. The van der Waals surface area contributed by atoms with E-state index >= 15 is 0 Å². The lowest BCUT2D eigenvalue weighted by Crippen LogP contribution is -2.33. The van der Waals surface area contributed by atoms with Crippen LogP contribution in [0.5, 0.6) is 11.5 Å². The Bertz CT molecular complexity index is 606. The number of rotatable bonds is 7. The van der Waals surface area contributed by atoms with Crippen molar-refractivity contribution >= 4 is 12.1 Å². The summed E-state index contributed by atoms with van der Waals surface area (Å²) in [5, 5.41) is 2.51. The average molecular weight is 353 g/mol. The molecule has 0 aliphatic carbocycles. The first-order chi connectivity index (χ1) is 11.7. The molecule has 0 spiro atoms. The fraction of sp³-hybridized carbons (Fsp3) is 0.556. The number of aryl methyl sites for hydroxylation is 1. The van der Waals surface area contributed by atoms with Gasteiger partial charge in [-0.25, -0.2) is 4.79 Å². The maximum Gasteiger partial charge on any atom is 0.407 e. The molecule has 0 aliphatic heterocycles. The Balaban J connectivity index is 2.45. The second-order valence-electron chi connectivity index (χ2n) is 6.47. The molecular formula is C18H27NO6. The molecule has 0 fully saturated rings. The summed E-state index contributed by atoms with van der Waals surface area (Å²) < 4.78 is 20.8. The van der Waals surface area contributed by atoms with Gasteiger partial charge in [-0.05, 0) is 51.0 Å². The van der Waals surface area contributed by atoms with Gasteiger partial charge in [0.15, 0.2) is 11.5 Å². The number of alkyl carbamates (subject to hydrolysis) is 1. The minimum absolute atomic E-state index is 0.0611. The van der Waals surface area contributed by atoms with Crippen molar-refractivity contribution in [1.29, 1.82) is 0 Å². The van der Waals surface area contributed by atoms with Crippen molar-refractivity contribution in [2.45, 2.75) is 46.3 Å². The number of nitrogens with one attached hydrogen (secondary N) is 1. The molecule has 0 unspecified atom stereocenters. The van der Waals surface area contributed by atoms with Gasteiger partial charge in [0.05, 0.1) is 20.6 Å². The van der Waals surface area contributed by atoms with Crippen LogP contribution in [0, 0.1) is 6.92 Å². The molecule has 1 amide bonds. The second kappa shape index (κ2) is 9.15. The molecule has 0 saturated heterocycles. The van der Waals surface area contributed by atoms with Crippen LogP contribution >= 0.6 is 0 Å². The van der Waals surface area contributed by atoms with E-state index in [4.69, 9.17) is 18.9 Å². The number of hydrogen-bond donors (Lipinski definition) is 1. The number of hydrogen-bond acceptors (Lipinski definition) is 6. The Morgan fingerprint density at radius 3 is 2.24 bits per heavy atom. The van der Waals surface area contributed by atoms with Gasteiger partial charge in [0.2, 0.25) is 0 Å². The van der Waals surface area contributed by atoms with Crippen molar-refractivity contribution in [3.63, 3.8) is 0 Å². The molecule has 1 aromatic carbocycles. The number of methoxy groups -OCH3 is 2. The van der Waals surface area contributed by atoms with Gasteiger partial charge in [-0.1, -0.05) is 0 Å². The average Bonchev–Trinajstić information content (AvgIpc) is 2.51. The number of esters is 1. The predicted molar refractivity (Wildman–Crippen MR) is 92.9 cm³/mol. The molecule has 0 heterocycles. The number of carbonyl (C=O) groups is 2. The first kappa shape index (κ1) is 20.6. The lowest BCUT2D eigenvalue weighted by Gasteiger charge is -2.19. The van der Waals surface area contributed by atoms with E-state index in [0.29, 0.717) is 11.5 Å². The van der Waals surface area contributed by atoms with Gasteiger partial charge < -0.3 is 24.3 Å². The van der Waals surface area contributed by atoms with Crippen LogP contribution in [0.3, 0.4) is 0 Å². The van der Waals surface area contributed by atoms with E-state index in [1.54, 1.807) is 41.1 Å². The fourth-order valence-corrected chi connectivity index (χ4v) is 1.99. The molecule has 0 bridgehead atoms. The van der Waals surface area contributed by atoms with E-state index < -0.39 is 17.7 Å². The minimum atomic E-state index is -0.574. The molecule has 0 aliphatic rings. The Labute approximate surface area is 148 Å². The Kier molecular flexibility index (Phi) is 7.54. The molecule has 1 rings (SSSR count). The van der Waals surface area contributed by atoms with E-state index in [0.717, 1.165) is 11.1 Å². The monoisotopic (exact) mass is 353 g/mol. The third kappa shape index (κ3) is 7.32. The predicted octanol–water partition coefficient (Wildman–Crippen LogP) is 2.97. The summed E-state index contributed by atoms with van der Waals surface area (Å²) >= 11 is 0. The zero-order chi connectivity index (χ0) is 19.0. The van der Waals surface area contributed by atoms with Crippen molar-refractivity contribution in [2.24, 2.45) is 0 Å². The molecule has 140 valence electrons.